The zero-order valence-electron chi connectivity index (χ0n) is 19.2. The molecule has 3 unspecified atom stereocenters. The molecule has 0 saturated heterocycles. The lowest BCUT2D eigenvalue weighted by atomic mass is 9.75. The number of hydrogen-bond donors (Lipinski definition) is 1. The van der Waals surface area contributed by atoms with Crippen LogP contribution in [-0.4, -0.2) is 65.2 Å². The summed E-state index contributed by atoms with van der Waals surface area (Å²) < 4.78 is 15.3. The van der Waals surface area contributed by atoms with Gasteiger partial charge in [-0.05, 0) is 26.3 Å². The van der Waals surface area contributed by atoms with E-state index in [0.29, 0.717) is 0 Å². The third-order valence-electron chi connectivity index (χ3n) is 5.05. The van der Waals surface area contributed by atoms with Gasteiger partial charge in [0.25, 0.3) is 5.69 Å². The van der Waals surface area contributed by atoms with Gasteiger partial charge in [-0.1, -0.05) is 12.1 Å². The monoisotopic (exact) mass is 494 g/mol. The Kier molecular flexibility index (Phi) is 9.75. The highest BCUT2D eigenvalue weighted by Gasteiger charge is 2.46. The maximum absolute atomic E-state index is 13.2. The van der Waals surface area contributed by atoms with Crippen molar-refractivity contribution in [3.8, 4) is 0 Å². The molecule has 1 aromatic rings. The SMILES string of the molecule is CCOC(=O)C1=C(C(SCO)C(=O)OC)N=C(C)C(C(=O)OCC)C1c1cccc([N+](=O)[O-])c1. The van der Waals surface area contributed by atoms with Crippen LogP contribution in [0.1, 0.15) is 32.3 Å². The van der Waals surface area contributed by atoms with Crippen LogP contribution in [0.2, 0.25) is 0 Å². The fraction of sp³-hybridized carbons (Fsp3) is 0.455. The second-order valence-corrected chi connectivity index (χ2v) is 8.09. The Labute approximate surface area is 200 Å². The number of rotatable bonds is 10. The van der Waals surface area contributed by atoms with E-state index in [1.807, 2.05) is 0 Å². The first-order valence-electron chi connectivity index (χ1n) is 10.4. The van der Waals surface area contributed by atoms with Crippen molar-refractivity contribution in [1.29, 1.82) is 0 Å². The number of nitro groups is 1. The number of nitrogens with zero attached hydrogens (tertiary/aromatic N) is 2. The van der Waals surface area contributed by atoms with Crippen molar-refractivity contribution >= 4 is 41.1 Å². The van der Waals surface area contributed by atoms with Crippen LogP contribution >= 0.6 is 11.8 Å². The van der Waals surface area contributed by atoms with E-state index in [4.69, 9.17) is 14.2 Å². The van der Waals surface area contributed by atoms with E-state index in [0.717, 1.165) is 18.9 Å². The zero-order chi connectivity index (χ0) is 25.4. The molecule has 11 nitrogen and oxygen atoms in total. The van der Waals surface area contributed by atoms with Gasteiger partial charge in [-0.3, -0.25) is 24.7 Å². The highest BCUT2D eigenvalue weighted by molar-refractivity contribution is 8.00. The predicted octanol–water partition coefficient (Wildman–Crippen LogP) is 2.37. The molecule has 184 valence electrons. The summed E-state index contributed by atoms with van der Waals surface area (Å²) in [5, 5.41) is 19.7. The Morgan fingerprint density at radius 1 is 1.24 bits per heavy atom. The Morgan fingerprint density at radius 3 is 2.47 bits per heavy atom. The van der Waals surface area contributed by atoms with Crippen molar-refractivity contribution in [3.05, 3.63) is 51.2 Å². The fourth-order valence-electron chi connectivity index (χ4n) is 3.70. The number of aliphatic hydroxyl groups excluding tert-OH is 1. The van der Waals surface area contributed by atoms with Gasteiger partial charge in [0.05, 0.1) is 42.5 Å². The molecular formula is C22H26N2O9S. The number of hydrogen-bond acceptors (Lipinski definition) is 11. The van der Waals surface area contributed by atoms with Gasteiger partial charge in [0.1, 0.15) is 11.2 Å². The Bertz CT molecular complexity index is 1020. The van der Waals surface area contributed by atoms with Gasteiger partial charge in [0.2, 0.25) is 0 Å². The van der Waals surface area contributed by atoms with E-state index < -0.39 is 45.9 Å². The molecule has 0 radical (unpaired) electrons. The molecule has 1 aliphatic heterocycles. The van der Waals surface area contributed by atoms with E-state index in [-0.39, 0.29) is 41.4 Å². The Balaban J connectivity index is 2.90. The standard InChI is InChI=1S/C22H26N2O9S/c1-5-32-20(26)15-12(3)23-18(19(34-11-25)22(28)31-4)17(21(27)33-6-2)16(15)13-8-7-9-14(10-13)24(29)30/h7-10,15-16,19,25H,5-6,11H2,1-4H3. The third kappa shape index (κ3) is 5.81. The molecular weight excluding hydrogens is 468 g/mol. The van der Waals surface area contributed by atoms with Gasteiger partial charge in [0.15, 0.2) is 0 Å². The van der Waals surface area contributed by atoms with Gasteiger partial charge in [-0.25, -0.2) is 4.79 Å². The molecule has 34 heavy (non-hydrogen) atoms. The minimum Gasteiger partial charge on any atom is -0.468 e. The predicted molar refractivity (Wildman–Crippen MR) is 123 cm³/mol. The first-order chi connectivity index (χ1) is 16.2. The van der Waals surface area contributed by atoms with E-state index in [1.54, 1.807) is 13.8 Å². The number of aliphatic imine (C=N–C) groups is 1. The van der Waals surface area contributed by atoms with Crippen molar-refractivity contribution in [2.45, 2.75) is 31.9 Å². The van der Waals surface area contributed by atoms with Crippen LogP contribution in [0.5, 0.6) is 0 Å². The van der Waals surface area contributed by atoms with Crippen LogP contribution in [0, 0.1) is 16.0 Å². The number of methoxy groups -OCH3 is 1. The number of carbonyl (C=O) groups excluding carboxylic acids is 3. The maximum Gasteiger partial charge on any atom is 0.336 e. The van der Waals surface area contributed by atoms with Crippen LogP contribution in [0.25, 0.3) is 0 Å². The number of nitro benzene ring substituents is 1. The molecule has 0 fully saturated rings. The third-order valence-corrected chi connectivity index (χ3v) is 5.95. The molecule has 0 spiro atoms. The normalized spacial score (nSPS) is 18.6. The van der Waals surface area contributed by atoms with E-state index >= 15 is 0 Å². The van der Waals surface area contributed by atoms with Gasteiger partial charge < -0.3 is 19.3 Å². The minimum atomic E-state index is -1.21. The fourth-order valence-corrected chi connectivity index (χ4v) is 4.42. The van der Waals surface area contributed by atoms with Crippen molar-refractivity contribution < 1.29 is 38.6 Å². The first kappa shape index (κ1) is 27.0. The lowest BCUT2D eigenvalue weighted by Crippen LogP contribution is -2.39. The second kappa shape index (κ2) is 12.3. The number of thioether (sulfide) groups is 1. The Hall–Kier alpha value is -3.25. The van der Waals surface area contributed by atoms with Crippen molar-refractivity contribution in [3.63, 3.8) is 0 Å². The Morgan fingerprint density at radius 2 is 1.91 bits per heavy atom. The van der Waals surface area contributed by atoms with E-state index in [1.165, 1.54) is 31.2 Å². The van der Waals surface area contributed by atoms with E-state index in [2.05, 4.69) is 4.99 Å². The summed E-state index contributed by atoms with van der Waals surface area (Å²) in [6.07, 6.45) is 0. The number of non-ortho nitro benzene ring substituents is 1. The molecule has 0 aliphatic carbocycles. The van der Waals surface area contributed by atoms with Crippen LogP contribution in [0.3, 0.4) is 0 Å². The summed E-state index contributed by atoms with van der Waals surface area (Å²) in [5.41, 5.74) is 0.0469. The number of carbonyl (C=O) groups is 3. The molecule has 3 atom stereocenters. The summed E-state index contributed by atoms with van der Waals surface area (Å²) in [5.74, 6) is -5.02. The van der Waals surface area contributed by atoms with Crippen molar-refractivity contribution in [2.24, 2.45) is 10.9 Å². The molecule has 12 heteroatoms. The molecule has 2 rings (SSSR count). The van der Waals surface area contributed by atoms with E-state index in [9.17, 15) is 29.6 Å². The largest absolute Gasteiger partial charge is 0.468 e. The molecule has 0 amide bonds. The number of ether oxygens (including phenoxy) is 3. The lowest BCUT2D eigenvalue weighted by Gasteiger charge is -2.33. The molecule has 1 aromatic carbocycles. The van der Waals surface area contributed by atoms with Crippen LogP contribution in [-0.2, 0) is 28.6 Å². The van der Waals surface area contributed by atoms with Crippen LogP contribution < -0.4 is 0 Å². The second-order valence-electron chi connectivity index (χ2n) is 7.03. The van der Waals surface area contributed by atoms with Crippen molar-refractivity contribution in [2.75, 3.05) is 26.3 Å². The molecule has 1 heterocycles. The molecule has 1 aliphatic rings. The van der Waals surface area contributed by atoms with Gasteiger partial charge in [-0.15, -0.1) is 11.8 Å². The summed E-state index contributed by atoms with van der Waals surface area (Å²) in [7, 11) is 1.15. The highest BCUT2D eigenvalue weighted by Crippen LogP contribution is 2.43. The van der Waals surface area contributed by atoms with Gasteiger partial charge in [0, 0.05) is 23.8 Å². The molecule has 0 aromatic heterocycles. The summed E-state index contributed by atoms with van der Waals surface area (Å²) >= 11 is 0.766. The molecule has 1 N–H and O–H groups in total. The van der Waals surface area contributed by atoms with Gasteiger partial charge >= 0.3 is 17.9 Å². The average molecular weight is 495 g/mol. The minimum absolute atomic E-state index is 0.0138. The summed E-state index contributed by atoms with van der Waals surface area (Å²) in [6, 6.07) is 5.49. The number of esters is 3. The first-order valence-corrected chi connectivity index (χ1v) is 11.4. The lowest BCUT2D eigenvalue weighted by molar-refractivity contribution is -0.384. The van der Waals surface area contributed by atoms with Crippen LogP contribution in [0.4, 0.5) is 5.69 Å². The van der Waals surface area contributed by atoms with Crippen LogP contribution in [0.15, 0.2) is 40.5 Å². The summed E-state index contributed by atoms with van der Waals surface area (Å²) in [4.78, 5) is 54.0. The quantitative estimate of drug-likeness (QED) is 0.168. The topological polar surface area (TPSA) is 155 Å². The van der Waals surface area contributed by atoms with Crippen molar-refractivity contribution in [1.82, 2.24) is 0 Å². The zero-order valence-corrected chi connectivity index (χ0v) is 20.0. The average Bonchev–Trinajstić information content (AvgIpc) is 2.81. The maximum atomic E-state index is 13.2. The molecule has 0 saturated carbocycles. The number of benzene rings is 1. The number of aliphatic hydroxyl groups is 1. The smallest absolute Gasteiger partial charge is 0.336 e. The summed E-state index contributed by atoms with van der Waals surface area (Å²) in [6.45, 7) is 4.78. The highest BCUT2D eigenvalue weighted by atomic mass is 32.2. The van der Waals surface area contributed by atoms with Gasteiger partial charge in [-0.2, -0.15) is 0 Å². The molecule has 0 bridgehead atoms.